The minimum atomic E-state index is -0.161. The fourth-order valence-corrected chi connectivity index (χ4v) is 3.59. The fourth-order valence-electron chi connectivity index (χ4n) is 3.59. The lowest BCUT2D eigenvalue weighted by molar-refractivity contribution is -0.119. The van der Waals surface area contributed by atoms with E-state index in [9.17, 15) is 9.59 Å². The highest BCUT2D eigenvalue weighted by Gasteiger charge is 2.35. The van der Waals surface area contributed by atoms with Gasteiger partial charge in [-0.25, -0.2) is 4.79 Å². The third-order valence-electron chi connectivity index (χ3n) is 5.05. The molecule has 1 aromatic carbocycles. The zero-order valence-corrected chi connectivity index (χ0v) is 14.8. The van der Waals surface area contributed by atoms with Gasteiger partial charge in [-0.1, -0.05) is 23.4 Å². The van der Waals surface area contributed by atoms with Gasteiger partial charge in [0.2, 0.25) is 11.8 Å². The van der Waals surface area contributed by atoms with Crippen LogP contribution in [0.2, 0.25) is 0 Å². The van der Waals surface area contributed by atoms with Crippen LogP contribution in [0.15, 0.2) is 34.9 Å². The molecule has 0 saturated carbocycles. The number of hydrogen-bond donors (Lipinski definition) is 1. The molecule has 2 aliphatic rings. The van der Waals surface area contributed by atoms with E-state index in [-0.39, 0.29) is 18.0 Å². The number of rotatable bonds is 2. The number of nitrogens with one attached hydrogen (secondary N) is 1. The van der Waals surface area contributed by atoms with Crippen molar-refractivity contribution in [3.63, 3.8) is 0 Å². The van der Waals surface area contributed by atoms with Crippen molar-refractivity contribution in [2.45, 2.75) is 45.2 Å². The Morgan fingerprint density at radius 1 is 1.27 bits per heavy atom. The van der Waals surface area contributed by atoms with Crippen LogP contribution < -0.4 is 10.2 Å². The molecule has 2 aromatic rings. The highest BCUT2D eigenvalue weighted by atomic mass is 16.5. The number of nitrogens with zero attached hydrogens (tertiary/aromatic N) is 3. The predicted octanol–water partition coefficient (Wildman–Crippen LogP) is 3.17. The Morgan fingerprint density at radius 3 is 2.85 bits per heavy atom. The van der Waals surface area contributed by atoms with E-state index >= 15 is 0 Å². The van der Waals surface area contributed by atoms with Crippen molar-refractivity contribution in [2.75, 3.05) is 16.8 Å². The van der Waals surface area contributed by atoms with E-state index in [1.165, 1.54) is 0 Å². The summed E-state index contributed by atoms with van der Waals surface area (Å²) in [6.07, 6.45) is 3.01. The number of carbonyl (C=O) groups is 2. The zero-order chi connectivity index (χ0) is 18.1. The van der Waals surface area contributed by atoms with Gasteiger partial charge in [-0.05, 0) is 31.9 Å². The molecule has 1 unspecified atom stereocenters. The maximum Gasteiger partial charge on any atom is 0.322 e. The van der Waals surface area contributed by atoms with Crippen LogP contribution in [0.4, 0.5) is 16.4 Å². The van der Waals surface area contributed by atoms with E-state index in [0.29, 0.717) is 31.8 Å². The second-order valence-electron chi connectivity index (χ2n) is 6.89. The second-order valence-corrected chi connectivity index (χ2v) is 6.89. The molecule has 0 aliphatic carbocycles. The third-order valence-corrected chi connectivity index (χ3v) is 5.05. The Labute approximate surface area is 151 Å². The van der Waals surface area contributed by atoms with Crippen molar-refractivity contribution < 1.29 is 14.1 Å². The average molecular weight is 354 g/mol. The van der Waals surface area contributed by atoms with Crippen molar-refractivity contribution in [3.8, 4) is 0 Å². The van der Waals surface area contributed by atoms with Crippen LogP contribution in [0, 0.1) is 0 Å². The number of amides is 3. The second kappa shape index (κ2) is 6.82. The average Bonchev–Trinajstić information content (AvgIpc) is 3.04. The summed E-state index contributed by atoms with van der Waals surface area (Å²) in [6.45, 7) is 3.03. The number of para-hydroxylation sites is 1. The Balaban J connectivity index is 1.56. The molecule has 0 spiro atoms. The van der Waals surface area contributed by atoms with E-state index in [1.807, 2.05) is 37.3 Å². The van der Waals surface area contributed by atoms with Crippen molar-refractivity contribution in [3.05, 3.63) is 41.6 Å². The summed E-state index contributed by atoms with van der Waals surface area (Å²) < 4.78 is 5.52. The molecule has 7 nitrogen and oxygen atoms in total. The van der Waals surface area contributed by atoms with Crippen LogP contribution in [-0.2, 0) is 17.8 Å². The molecule has 4 rings (SSSR count). The van der Waals surface area contributed by atoms with E-state index in [1.54, 1.807) is 9.80 Å². The molecular formula is C19H22N4O3. The van der Waals surface area contributed by atoms with E-state index < -0.39 is 0 Å². The predicted molar refractivity (Wildman–Crippen MR) is 96.9 cm³/mol. The van der Waals surface area contributed by atoms with Crippen LogP contribution >= 0.6 is 0 Å². The van der Waals surface area contributed by atoms with Gasteiger partial charge in [0.1, 0.15) is 0 Å². The lowest BCUT2D eigenvalue weighted by Crippen LogP contribution is -2.45. The molecule has 136 valence electrons. The molecule has 1 aromatic heterocycles. The lowest BCUT2D eigenvalue weighted by atomic mass is 10.0. The summed E-state index contributed by atoms with van der Waals surface area (Å²) >= 11 is 0. The van der Waals surface area contributed by atoms with Crippen LogP contribution in [0.3, 0.4) is 0 Å². The third kappa shape index (κ3) is 3.05. The topological polar surface area (TPSA) is 78.7 Å². The van der Waals surface area contributed by atoms with Crippen LogP contribution in [0.5, 0.6) is 0 Å². The maximum atomic E-state index is 12.7. The lowest BCUT2D eigenvalue weighted by Gasteiger charge is -2.33. The van der Waals surface area contributed by atoms with Crippen molar-refractivity contribution >= 4 is 23.5 Å². The number of piperidine rings is 1. The normalized spacial score (nSPS) is 20.0. The van der Waals surface area contributed by atoms with Crippen molar-refractivity contribution in [2.24, 2.45) is 0 Å². The molecule has 26 heavy (non-hydrogen) atoms. The van der Waals surface area contributed by atoms with Gasteiger partial charge < -0.3 is 14.7 Å². The molecule has 3 heterocycles. The molecular weight excluding hydrogens is 332 g/mol. The van der Waals surface area contributed by atoms with Gasteiger partial charge in [0, 0.05) is 31.1 Å². The summed E-state index contributed by atoms with van der Waals surface area (Å²) in [6, 6.07) is 9.23. The highest BCUT2D eigenvalue weighted by Crippen LogP contribution is 2.33. The Hall–Kier alpha value is -2.83. The number of urea groups is 1. The van der Waals surface area contributed by atoms with Gasteiger partial charge in [0.15, 0.2) is 0 Å². The fraction of sp³-hybridized carbons (Fsp3) is 0.421. The zero-order valence-electron chi connectivity index (χ0n) is 14.8. The number of carbonyl (C=O) groups excluding carboxylic acids is 2. The number of fused-ring (bicyclic) bond motifs is 1. The van der Waals surface area contributed by atoms with Gasteiger partial charge in [0.25, 0.3) is 0 Å². The van der Waals surface area contributed by atoms with Crippen LogP contribution in [0.25, 0.3) is 0 Å². The Bertz CT molecular complexity index is 817. The van der Waals surface area contributed by atoms with Crippen molar-refractivity contribution in [1.82, 2.24) is 10.1 Å². The smallest absolute Gasteiger partial charge is 0.322 e. The van der Waals surface area contributed by atoms with E-state index in [4.69, 9.17) is 4.52 Å². The quantitative estimate of drug-likeness (QED) is 0.898. The minimum absolute atomic E-state index is 0.00113. The van der Waals surface area contributed by atoms with E-state index in [2.05, 4.69) is 10.5 Å². The summed E-state index contributed by atoms with van der Waals surface area (Å²) in [4.78, 5) is 28.4. The first kappa shape index (κ1) is 16.6. The van der Waals surface area contributed by atoms with Gasteiger partial charge >= 0.3 is 6.03 Å². The molecule has 1 atom stereocenters. The standard InChI is InChI=1S/C19H22N4O3/c1-13-11-16-15(18(26-21-16)22-10-6-5-9-17(22)24)12-23(13)19(25)20-14-7-3-2-4-8-14/h2-4,7-8,13H,5-6,9-12H2,1H3,(H,20,25). The molecule has 1 fully saturated rings. The molecule has 7 heteroatoms. The Morgan fingerprint density at radius 2 is 2.08 bits per heavy atom. The summed E-state index contributed by atoms with van der Waals surface area (Å²) in [5, 5.41) is 7.10. The number of hydrogen-bond acceptors (Lipinski definition) is 4. The van der Waals surface area contributed by atoms with E-state index in [0.717, 1.165) is 29.8 Å². The SMILES string of the molecule is CC1Cc2noc(N3CCCCC3=O)c2CN1C(=O)Nc1ccccc1. The monoisotopic (exact) mass is 354 g/mol. The largest absolute Gasteiger partial charge is 0.338 e. The van der Waals surface area contributed by atoms with Crippen molar-refractivity contribution in [1.29, 1.82) is 0 Å². The number of anilines is 2. The molecule has 0 radical (unpaired) electrons. The summed E-state index contributed by atoms with van der Waals surface area (Å²) in [5.74, 6) is 0.572. The molecule has 1 saturated heterocycles. The first-order valence-electron chi connectivity index (χ1n) is 9.04. The minimum Gasteiger partial charge on any atom is -0.338 e. The highest BCUT2D eigenvalue weighted by molar-refractivity contribution is 5.94. The maximum absolute atomic E-state index is 12.7. The molecule has 1 N–H and O–H groups in total. The summed E-state index contributed by atoms with van der Waals surface area (Å²) in [7, 11) is 0. The Kier molecular flexibility index (Phi) is 4.36. The van der Waals surface area contributed by atoms with Gasteiger partial charge in [-0.2, -0.15) is 0 Å². The molecule has 3 amide bonds. The first-order valence-corrected chi connectivity index (χ1v) is 9.04. The molecule has 0 bridgehead atoms. The first-order chi connectivity index (χ1) is 12.6. The number of aromatic nitrogens is 1. The molecule has 2 aliphatic heterocycles. The van der Waals surface area contributed by atoms with Crippen LogP contribution in [0.1, 0.15) is 37.4 Å². The van der Waals surface area contributed by atoms with Gasteiger partial charge in [-0.15, -0.1) is 0 Å². The number of benzene rings is 1. The van der Waals surface area contributed by atoms with Gasteiger partial charge in [-0.3, -0.25) is 9.69 Å². The summed E-state index contributed by atoms with van der Waals surface area (Å²) in [5.41, 5.74) is 2.45. The van der Waals surface area contributed by atoms with Gasteiger partial charge in [0.05, 0.1) is 17.8 Å². The van der Waals surface area contributed by atoms with Crippen LogP contribution in [-0.4, -0.2) is 34.6 Å².